The van der Waals surface area contributed by atoms with E-state index in [-0.39, 0.29) is 23.5 Å². The van der Waals surface area contributed by atoms with Crippen LogP contribution in [-0.4, -0.2) is 62.5 Å². The van der Waals surface area contributed by atoms with Gasteiger partial charge in [-0.25, -0.2) is 13.2 Å². The predicted molar refractivity (Wildman–Crippen MR) is 104 cm³/mol. The molecule has 1 N–H and O–H groups in total. The van der Waals surface area contributed by atoms with Crippen LogP contribution in [0.5, 0.6) is 0 Å². The van der Waals surface area contributed by atoms with Crippen LogP contribution in [0.1, 0.15) is 15.9 Å². The number of anilines is 1. The van der Waals surface area contributed by atoms with Crippen molar-refractivity contribution in [2.45, 2.75) is 11.8 Å². The lowest BCUT2D eigenvalue weighted by atomic mass is 10.2. The molecule has 10 heteroatoms. The zero-order valence-corrected chi connectivity index (χ0v) is 16.6. The van der Waals surface area contributed by atoms with E-state index >= 15 is 0 Å². The predicted octanol–water partition coefficient (Wildman–Crippen LogP) is 1.21. The van der Waals surface area contributed by atoms with Gasteiger partial charge in [-0.05, 0) is 36.8 Å². The highest BCUT2D eigenvalue weighted by Crippen LogP contribution is 2.23. The highest BCUT2D eigenvalue weighted by atomic mass is 32.2. The largest absolute Gasteiger partial charge is 0.452 e. The second-order valence-electron chi connectivity index (χ2n) is 6.35. The highest BCUT2D eigenvalue weighted by Gasteiger charge is 2.27. The third-order valence-corrected chi connectivity index (χ3v) is 6.24. The number of morpholine rings is 1. The Kier molecular flexibility index (Phi) is 6.57. The number of rotatable bonds is 6. The molecule has 1 fully saturated rings. The van der Waals surface area contributed by atoms with Crippen molar-refractivity contribution in [1.82, 2.24) is 9.29 Å². The molecule has 0 unspecified atom stereocenters. The molecule has 1 saturated heterocycles. The van der Waals surface area contributed by atoms with E-state index in [0.717, 1.165) is 0 Å². The number of nitrogens with one attached hydrogen (secondary N) is 1. The van der Waals surface area contributed by atoms with E-state index in [0.29, 0.717) is 24.5 Å². The molecule has 0 bridgehead atoms. The maximum atomic E-state index is 12.8. The van der Waals surface area contributed by atoms with E-state index < -0.39 is 28.5 Å². The number of sulfonamides is 1. The van der Waals surface area contributed by atoms with Crippen LogP contribution >= 0.6 is 0 Å². The van der Waals surface area contributed by atoms with Crippen LogP contribution in [0, 0.1) is 6.92 Å². The fraction of sp³-hybridized carbons (Fsp3) is 0.316. The van der Waals surface area contributed by atoms with E-state index in [2.05, 4.69) is 10.3 Å². The normalized spacial score (nSPS) is 14.9. The summed E-state index contributed by atoms with van der Waals surface area (Å²) in [6.07, 6.45) is 2.89. The number of aromatic nitrogens is 1. The highest BCUT2D eigenvalue weighted by molar-refractivity contribution is 7.89. The molecule has 0 aliphatic carbocycles. The Bertz CT molecular complexity index is 988. The molecule has 3 rings (SSSR count). The summed E-state index contributed by atoms with van der Waals surface area (Å²) in [5.41, 5.74) is 1.30. The smallest absolute Gasteiger partial charge is 0.338 e. The Morgan fingerprint density at radius 3 is 2.55 bits per heavy atom. The molecule has 0 spiro atoms. The van der Waals surface area contributed by atoms with E-state index in [9.17, 15) is 18.0 Å². The maximum Gasteiger partial charge on any atom is 0.338 e. The van der Waals surface area contributed by atoms with Crippen LogP contribution in [0.3, 0.4) is 0 Å². The van der Waals surface area contributed by atoms with Gasteiger partial charge in [0.05, 0.1) is 23.7 Å². The van der Waals surface area contributed by atoms with Gasteiger partial charge in [0.1, 0.15) is 0 Å². The lowest BCUT2D eigenvalue weighted by molar-refractivity contribution is -0.119. The molecule has 9 nitrogen and oxygen atoms in total. The van der Waals surface area contributed by atoms with Gasteiger partial charge in [-0.1, -0.05) is 6.07 Å². The molecule has 1 amide bonds. The number of pyridine rings is 1. The Morgan fingerprint density at radius 2 is 1.86 bits per heavy atom. The Morgan fingerprint density at radius 1 is 1.17 bits per heavy atom. The molecule has 1 aliphatic heterocycles. The summed E-state index contributed by atoms with van der Waals surface area (Å²) in [5, 5.41) is 2.60. The van der Waals surface area contributed by atoms with Crippen molar-refractivity contribution >= 4 is 27.6 Å². The van der Waals surface area contributed by atoms with Gasteiger partial charge in [-0.15, -0.1) is 0 Å². The number of nitrogens with zero attached hydrogens (tertiary/aromatic N) is 2. The first-order valence-electron chi connectivity index (χ1n) is 8.93. The number of hydrogen-bond donors (Lipinski definition) is 1. The third kappa shape index (κ3) is 5.17. The quantitative estimate of drug-likeness (QED) is 0.700. The summed E-state index contributed by atoms with van der Waals surface area (Å²) in [6.45, 7) is 2.49. The van der Waals surface area contributed by atoms with Crippen LogP contribution in [-0.2, 0) is 24.3 Å². The second-order valence-corrected chi connectivity index (χ2v) is 8.29. The molecule has 0 radical (unpaired) electrons. The van der Waals surface area contributed by atoms with Crippen molar-refractivity contribution in [2.24, 2.45) is 0 Å². The number of aryl methyl sites for hydroxylation is 1. The molecular formula is C19H21N3O6S. The van der Waals surface area contributed by atoms with Crippen LogP contribution in [0.4, 0.5) is 5.69 Å². The van der Waals surface area contributed by atoms with Crippen molar-refractivity contribution < 1.29 is 27.5 Å². The molecule has 1 aliphatic rings. The molecule has 0 saturated carbocycles. The summed E-state index contributed by atoms with van der Waals surface area (Å²) in [7, 11) is -3.69. The van der Waals surface area contributed by atoms with Crippen molar-refractivity contribution in [3.63, 3.8) is 0 Å². The molecule has 29 heavy (non-hydrogen) atoms. The summed E-state index contributed by atoms with van der Waals surface area (Å²) in [4.78, 5) is 28.0. The molecule has 2 heterocycles. The first kappa shape index (κ1) is 20.9. The molecule has 2 aromatic rings. The van der Waals surface area contributed by atoms with Gasteiger partial charge < -0.3 is 14.8 Å². The first-order chi connectivity index (χ1) is 13.9. The van der Waals surface area contributed by atoms with Crippen molar-refractivity contribution in [3.05, 3.63) is 53.9 Å². The molecule has 1 aromatic heterocycles. The fourth-order valence-electron chi connectivity index (χ4n) is 2.72. The van der Waals surface area contributed by atoms with Crippen LogP contribution < -0.4 is 5.32 Å². The Balaban J connectivity index is 1.66. The minimum atomic E-state index is -3.69. The van der Waals surface area contributed by atoms with Gasteiger partial charge in [0.15, 0.2) is 6.61 Å². The van der Waals surface area contributed by atoms with Crippen LogP contribution in [0.15, 0.2) is 47.6 Å². The van der Waals surface area contributed by atoms with E-state index in [1.54, 1.807) is 13.0 Å². The van der Waals surface area contributed by atoms with Crippen molar-refractivity contribution in [2.75, 3.05) is 38.2 Å². The summed E-state index contributed by atoms with van der Waals surface area (Å²) >= 11 is 0. The number of ether oxygens (including phenoxy) is 2. The fourth-order valence-corrected chi connectivity index (χ4v) is 4.16. The zero-order chi connectivity index (χ0) is 20.9. The van der Waals surface area contributed by atoms with E-state index in [1.807, 2.05) is 0 Å². The van der Waals surface area contributed by atoms with E-state index in [4.69, 9.17) is 9.47 Å². The molecule has 0 atom stereocenters. The van der Waals surface area contributed by atoms with Gasteiger partial charge in [-0.3, -0.25) is 9.78 Å². The minimum Gasteiger partial charge on any atom is -0.452 e. The standard InChI is InChI=1S/C19H21N3O6S/c1-14-2-3-16(29(25,26)22-8-10-27-11-9-22)12-17(14)21-18(23)13-28-19(24)15-4-6-20-7-5-15/h2-7,12H,8-11,13H2,1H3,(H,21,23). The monoisotopic (exact) mass is 419 g/mol. The van der Waals surface area contributed by atoms with Gasteiger partial charge >= 0.3 is 5.97 Å². The average Bonchev–Trinajstić information content (AvgIpc) is 2.74. The SMILES string of the molecule is Cc1ccc(S(=O)(=O)N2CCOCC2)cc1NC(=O)COC(=O)c1ccncc1. The maximum absolute atomic E-state index is 12.8. The third-order valence-electron chi connectivity index (χ3n) is 4.34. The second kappa shape index (κ2) is 9.12. The zero-order valence-electron chi connectivity index (χ0n) is 15.8. The topological polar surface area (TPSA) is 115 Å². The minimum absolute atomic E-state index is 0.0779. The lowest BCUT2D eigenvalue weighted by Crippen LogP contribution is -2.40. The van der Waals surface area contributed by atoms with Gasteiger partial charge in [0, 0.05) is 31.2 Å². The first-order valence-corrected chi connectivity index (χ1v) is 10.4. The molecule has 154 valence electrons. The number of carbonyl (C=O) groups is 2. The number of esters is 1. The number of carbonyl (C=O) groups excluding carboxylic acids is 2. The molecular weight excluding hydrogens is 398 g/mol. The summed E-state index contributed by atoms with van der Waals surface area (Å²) in [6, 6.07) is 7.47. The summed E-state index contributed by atoms with van der Waals surface area (Å²) in [5.74, 6) is -1.22. The molecule has 1 aromatic carbocycles. The van der Waals surface area contributed by atoms with Gasteiger partial charge in [-0.2, -0.15) is 4.31 Å². The Labute approximate surface area is 168 Å². The van der Waals surface area contributed by atoms with Crippen molar-refractivity contribution in [3.8, 4) is 0 Å². The average molecular weight is 419 g/mol. The van der Waals surface area contributed by atoms with E-state index in [1.165, 1.54) is 41.0 Å². The van der Waals surface area contributed by atoms with Crippen LogP contribution in [0.25, 0.3) is 0 Å². The van der Waals surface area contributed by atoms with Crippen molar-refractivity contribution in [1.29, 1.82) is 0 Å². The van der Waals surface area contributed by atoms with Gasteiger partial charge in [0.25, 0.3) is 5.91 Å². The number of benzene rings is 1. The summed E-state index contributed by atoms with van der Waals surface area (Å²) < 4.78 is 37.1. The van der Waals surface area contributed by atoms with Gasteiger partial charge in [0.2, 0.25) is 10.0 Å². The Hall–Kier alpha value is -2.82. The number of amides is 1. The number of hydrogen-bond acceptors (Lipinski definition) is 7. The van der Waals surface area contributed by atoms with Crippen LogP contribution in [0.2, 0.25) is 0 Å². The lowest BCUT2D eigenvalue weighted by Gasteiger charge is -2.26.